The zero-order valence-corrected chi connectivity index (χ0v) is 12.6. The van der Waals surface area contributed by atoms with Crippen molar-refractivity contribution >= 4 is 0 Å². The van der Waals surface area contributed by atoms with E-state index in [4.69, 9.17) is 4.74 Å². The zero-order chi connectivity index (χ0) is 13.1. The first-order valence-corrected chi connectivity index (χ1v) is 7.17. The van der Waals surface area contributed by atoms with Gasteiger partial charge in [-0.25, -0.2) is 0 Å². The van der Waals surface area contributed by atoms with Gasteiger partial charge in [0.2, 0.25) is 0 Å². The van der Waals surface area contributed by atoms with Crippen LogP contribution in [0, 0.1) is 5.92 Å². The van der Waals surface area contributed by atoms with Crippen molar-refractivity contribution in [3.05, 3.63) is 0 Å². The van der Waals surface area contributed by atoms with Gasteiger partial charge in [0.25, 0.3) is 0 Å². The molecule has 2 heteroatoms. The topological polar surface area (TPSA) is 21.3 Å². The average Bonchev–Trinajstić information content (AvgIpc) is 2.11. The van der Waals surface area contributed by atoms with Gasteiger partial charge in [-0.2, -0.15) is 0 Å². The Morgan fingerprint density at radius 2 is 1.76 bits per heavy atom. The molecule has 0 bridgehead atoms. The van der Waals surface area contributed by atoms with Gasteiger partial charge in [0.15, 0.2) is 0 Å². The van der Waals surface area contributed by atoms with Gasteiger partial charge in [-0.1, -0.05) is 13.8 Å². The third-order valence-corrected chi connectivity index (χ3v) is 3.88. The molecule has 0 heterocycles. The van der Waals surface area contributed by atoms with Crippen molar-refractivity contribution in [2.24, 2.45) is 5.92 Å². The first kappa shape index (κ1) is 15.0. The van der Waals surface area contributed by atoms with Crippen LogP contribution < -0.4 is 5.32 Å². The molecule has 0 aliphatic heterocycles. The summed E-state index contributed by atoms with van der Waals surface area (Å²) in [5.74, 6) is 0.614. The molecule has 0 radical (unpaired) electrons. The minimum Gasteiger partial charge on any atom is -0.372 e. The summed E-state index contributed by atoms with van der Waals surface area (Å²) in [6, 6.07) is 0. The summed E-state index contributed by atoms with van der Waals surface area (Å²) in [5.41, 5.74) is 0.399. The van der Waals surface area contributed by atoms with Crippen LogP contribution >= 0.6 is 0 Å². The number of nitrogens with one attached hydrogen (secondary N) is 1. The second-order valence-electron chi connectivity index (χ2n) is 7.03. The molecule has 1 rings (SSSR count). The Balaban J connectivity index is 2.36. The van der Waals surface area contributed by atoms with E-state index in [1.165, 1.54) is 19.3 Å². The summed E-state index contributed by atoms with van der Waals surface area (Å²) in [4.78, 5) is 0. The molecule has 2 nitrogen and oxygen atoms in total. The molecule has 0 aromatic rings. The Morgan fingerprint density at radius 1 is 1.18 bits per heavy atom. The van der Waals surface area contributed by atoms with Crippen LogP contribution in [0.2, 0.25) is 0 Å². The number of hydrogen-bond acceptors (Lipinski definition) is 2. The molecule has 0 saturated heterocycles. The molecular weight excluding hydrogens is 210 g/mol. The maximum atomic E-state index is 6.31. The molecule has 1 aliphatic rings. The Bertz CT molecular complexity index is 226. The minimum atomic E-state index is 0.182. The molecule has 0 aromatic carbocycles. The smallest absolute Gasteiger partial charge is 0.0698 e. The summed E-state index contributed by atoms with van der Waals surface area (Å²) in [6.07, 6.45) is 5.36. The van der Waals surface area contributed by atoms with E-state index in [9.17, 15) is 0 Å². The lowest BCUT2D eigenvalue weighted by atomic mass is 9.77. The van der Waals surface area contributed by atoms with Crippen molar-refractivity contribution < 1.29 is 4.74 Å². The Labute approximate surface area is 108 Å². The van der Waals surface area contributed by atoms with Crippen molar-refractivity contribution in [1.29, 1.82) is 0 Å². The second-order valence-corrected chi connectivity index (χ2v) is 7.03. The van der Waals surface area contributed by atoms with E-state index in [2.05, 4.69) is 46.9 Å². The van der Waals surface area contributed by atoms with Crippen LogP contribution in [0.1, 0.15) is 67.2 Å². The molecule has 0 aromatic heterocycles. The fourth-order valence-electron chi connectivity index (χ4n) is 2.19. The monoisotopic (exact) mass is 241 g/mol. The fraction of sp³-hybridized carbons (Fsp3) is 1.00. The van der Waals surface area contributed by atoms with E-state index in [0.717, 1.165) is 13.0 Å². The SMILES string of the molecule is CC(C)C(C)OC1(CCNC(C)(C)C)CCC1. The lowest BCUT2D eigenvalue weighted by Gasteiger charge is -2.45. The van der Waals surface area contributed by atoms with Crippen molar-refractivity contribution in [3.63, 3.8) is 0 Å². The van der Waals surface area contributed by atoms with Gasteiger partial charge in [-0.3, -0.25) is 0 Å². The molecule has 1 N–H and O–H groups in total. The predicted octanol–water partition coefficient (Wildman–Crippen LogP) is 3.75. The van der Waals surface area contributed by atoms with Crippen LogP contribution in [0.15, 0.2) is 0 Å². The van der Waals surface area contributed by atoms with Crippen LogP contribution in [-0.2, 0) is 4.74 Å². The average molecular weight is 241 g/mol. The Hall–Kier alpha value is -0.0800. The maximum Gasteiger partial charge on any atom is 0.0698 e. The van der Waals surface area contributed by atoms with E-state index in [0.29, 0.717) is 12.0 Å². The summed E-state index contributed by atoms with van der Waals surface area (Å²) in [6.45, 7) is 14.4. The summed E-state index contributed by atoms with van der Waals surface area (Å²) >= 11 is 0. The lowest BCUT2D eigenvalue weighted by molar-refractivity contribution is -0.149. The van der Waals surface area contributed by atoms with E-state index in [1.807, 2.05) is 0 Å². The lowest BCUT2D eigenvalue weighted by Crippen LogP contribution is -2.47. The molecule has 1 fully saturated rings. The van der Waals surface area contributed by atoms with Gasteiger partial charge in [0.1, 0.15) is 0 Å². The molecule has 0 amide bonds. The predicted molar refractivity (Wildman–Crippen MR) is 74.3 cm³/mol. The second kappa shape index (κ2) is 5.71. The third-order valence-electron chi connectivity index (χ3n) is 3.88. The first-order valence-electron chi connectivity index (χ1n) is 7.17. The number of rotatable bonds is 6. The minimum absolute atomic E-state index is 0.182. The normalized spacial score (nSPS) is 21.4. The van der Waals surface area contributed by atoms with Crippen LogP contribution in [0.4, 0.5) is 0 Å². The van der Waals surface area contributed by atoms with Crippen molar-refractivity contribution in [1.82, 2.24) is 5.32 Å². The fourth-order valence-corrected chi connectivity index (χ4v) is 2.19. The molecule has 1 saturated carbocycles. The molecule has 1 atom stereocenters. The number of ether oxygens (including phenoxy) is 1. The highest BCUT2D eigenvalue weighted by Crippen LogP contribution is 2.40. The van der Waals surface area contributed by atoms with E-state index < -0.39 is 0 Å². The van der Waals surface area contributed by atoms with Crippen molar-refractivity contribution in [3.8, 4) is 0 Å². The van der Waals surface area contributed by atoms with Gasteiger partial charge in [0.05, 0.1) is 11.7 Å². The van der Waals surface area contributed by atoms with Gasteiger partial charge >= 0.3 is 0 Å². The zero-order valence-electron chi connectivity index (χ0n) is 12.6. The quantitative estimate of drug-likeness (QED) is 0.764. The highest BCUT2D eigenvalue weighted by Gasteiger charge is 2.39. The Kier molecular flexibility index (Phi) is 5.03. The van der Waals surface area contributed by atoms with E-state index in [-0.39, 0.29) is 11.1 Å². The van der Waals surface area contributed by atoms with Crippen LogP contribution in [0.25, 0.3) is 0 Å². The highest BCUT2D eigenvalue weighted by molar-refractivity contribution is 4.92. The van der Waals surface area contributed by atoms with Gasteiger partial charge in [-0.05, 0) is 65.8 Å². The molecular formula is C15H31NO. The summed E-state index contributed by atoms with van der Waals surface area (Å²) < 4.78 is 6.31. The van der Waals surface area contributed by atoms with E-state index in [1.54, 1.807) is 0 Å². The molecule has 1 unspecified atom stereocenters. The van der Waals surface area contributed by atoms with Crippen molar-refractivity contribution in [2.45, 2.75) is 84.5 Å². The molecule has 17 heavy (non-hydrogen) atoms. The molecule has 1 aliphatic carbocycles. The summed E-state index contributed by atoms with van der Waals surface area (Å²) in [5, 5.41) is 3.57. The third kappa shape index (κ3) is 4.97. The van der Waals surface area contributed by atoms with Crippen LogP contribution in [-0.4, -0.2) is 23.8 Å². The van der Waals surface area contributed by atoms with Gasteiger partial charge in [-0.15, -0.1) is 0 Å². The maximum absolute atomic E-state index is 6.31. The van der Waals surface area contributed by atoms with Gasteiger partial charge < -0.3 is 10.1 Å². The number of hydrogen-bond donors (Lipinski definition) is 1. The molecule has 0 spiro atoms. The standard InChI is InChI=1S/C15H31NO/c1-12(2)13(3)17-15(8-7-9-15)10-11-16-14(4,5)6/h12-13,16H,7-11H2,1-6H3. The van der Waals surface area contributed by atoms with Crippen molar-refractivity contribution in [2.75, 3.05) is 6.54 Å². The molecule has 102 valence electrons. The highest BCUT2D eigenvalue weighted by atomic mass is 16.5. The van der Waals surface area contributed by atoms with E-state index >= 15 is 0 Å². The van der Waals surface area contributed by atoms with Crippen LogP contribution in [0.3, 0.4) is 0 Å². The summed E-state index contributed by atoms with van der Waals surface area (Å²) in [7, 11) is 0. The van der Waals surface area contributed by atoms with Gasteiger partial charge in [0, 0.05) is 5.54 Å². The first-order chi connectivity index (χ1) is 7.74. The largest absolute Gasteiger partial charge is 0.372 e. The Morgan fingerprint density at radius 3 is 2.12 bits per heavy atom. The van der Waals surface area contributed by atoms with Crippen LogP contribution in [0.5, 0.6) is 0 Å².